The molecule has 1 saturated heterocycles. The summed E-state index contributed by atoms with van der Waals surface area (Å²) >= 11 is 0. The molecule has 1 N–H and O–H groups in total. The SMILES string of the molecule is COc1ccc(C(=O)Nc2ccc(-c3noc(C4CCCN4Cc4ccccn4)n3)cn2)cc1. The fourth-order valence-corrected chi connectivity index (χ4v) is 4.01. The van der Waals surface area contributed by atoms with E-state index in [0.717, 1.165) is 31.6 Å². The van der Waals surface area contributed by atoms with Crippen molar-refractivity contribution in [3.63, 3.8) is 0 Å². The number of methoxy groups -OCH3 is 1. The number of likely N-dealkylation sites (tertiary alicyclic amines) is 1. The lowest BCUT2D eigenvalue weighted by molar-refractivity contribution is 0.102. The summed E-state index contributed by atoms with van der Waals surface area (Å²) < 4.78 is 10.7. The Labute approximate surface area is 196 Å². The topological polar surface area (TPSA) is 106 Å². The van der Waals surface area contributed by atoms with Gasteiger partial charge in [-0.05, 0) is 67.9 Å². The number of ether oxygens (including phenoxy) is 1. The van der Waals surface area contributed by atoms with Crippen molar-refractivity contribution in [1.29, 1.82) is 0 Å². The van der Waals surface area contributed by atoms with Crippen LogP contribution in [0, 0.1) is 0 Å². The summed E-state index contributed by atoms with van der Waals surface area (Å²) in [6.45, 7) is 1.70. The molecule has 1 amide bonds. The Hall–Kier alpha value is -4.11. The Bertz CT molecular complexity index is 1240. The highest BCUT2D eigenvalue weighted by Gasteiger charge is 2.31. The zero-order valence-electron chi connectivity index (χ0n) is 18.7. The van der Waals surface area contributed by atoms with Gasteiger partial charge in [0.05, 0.1) is 18.8 Å². The number of pyridine rings is 2. The molecule has 4 heterocycles. The predicted octanol–water partition coefficient (Wildman–Crippen LogP) is 4.12. The minimum atomic E-state index is -0.251. The molecule has 1 atom stereocenters. The number of aromatic nitrogens is 4. The second-order valence-corrected chi connectivity index (χ2v) is 8.02. The van der Waals surface area contributed by atoms with Crippen LogP contribution in [0.2, 0.25) is 0 Å². The molecule has 1 unspecified atom stereocenters. The number of amides is 1. The van der Waals surface area contributed by atoms with Crippen LogP contribution in [0.25, 0.3) is 11.4 Å². The molecule has 0 bridgehead atoms. The Balaban J connectivity index is 1.24. The highest BCUT2D eigenvalue weighted by atomic mass is 16.5. The summed E-state index contributed by atoms with van der Waals surface area (Å²) in [6.07, 6.45) is 5.46. The van der Waals surface area contributed by atoms with Gasteiger partial charge in [-0.2, -0.15) is 4.98 Å². The van der Waals surface area contributed by atoms with Crippen molar-refractivity contribution in [1.82, 2.24) is 25.0 Å². The summed E-state index contributed by atoms with van der Waals surface area (Å²) in [5.41, 5.74) is 2.25. The molecule has 0 saturated carbocycles. The van der Waals surface area contributed by atoms with E-state index in [1.54, 1.807) is 49.8 Å². The summed E-state index contributed by atoms with van der Waals surface area (Å²) in [5.74, 6) is 1.95. The number of anilines is 1. The first-order valence-electron chi connectivity index (χ1n) is 11.1. The van der Waals surface area contributed by atoms with Gasteiger partial charge in [-0.1, -0.05) is 11.2 Å². The first-order valence-corrected chi connectivity index (χ1v) is 11.1. The maximum atomic E-state index is 12.4. The molecule has 172 valence electrons. The van der Waals surface area contributed by atoms with E-state index in [1.807, 2.05) is 24.3 Å². The third kappa shape index (κ3) is 4.79. The lowest BCUT2D eigenvalue weighted by atomic mass is 10.2. The van der Waals surface area contributed by atoms with Gasteiger partial charge in [-0.3, -0.25) is 14.7 Å². The van der Waals surface area contributed by atoms with Crippen molar-refractivity contribution in [2.45, 2.75) is 25.4 Å². The third-order valence-electron chi connectivity index (χ3n) is 5.80. The van der Waals surface area contributed by atoms with Gasteiger partial charge in [-0.25, -0.2) is 4.98 Å². The number of carbonyl (C=O) groups is 1. The van der Waals surface area contributed by atoms with Crippen molar-refractivity contribution in [2.75, 3.05) is 19.0 Å². The van der Waals surface area contributed by atoms with Crippen molar-refractivity contribution in [3.05, 3.63) is 84.1 Å². The molecule has 1 aromatic carbocycles. The maximum absolute atomic E-state index is 12.4. The van der Waals surface area contributed by atoms with E-state index in [1.165, 1.54) is 0 Å². The van der Waals surface area contributed by atoms with Crippen LogP contribution in [0.1, 0.15) is 40.8 Å². The first-order chi connectivity index (χ1) is 16.7. The van der Waals surface area contributed by atoms with Gasteiger partial charge < -0.3 is 14.6 Å². The average Bonchev–Trinajstić information content (AvgIpc) is 3.55. The normalized spacial score (nSPS) is 15.9. The van der Waals surface area contributed by atoms with E-state index >= 15 is 0 Å². The molecule has 0 aliphatic carbocycles. The van der Waals surface area contributed by atoms with Gasteiger partial charge in [0.2, 0.25) is 11.7 Å². The third-order valence-corrected chi connectivity index (χ3v) is 5.80. The summed E-state index contributed by atoms with van der Waals surface area (Å²) in [4.78, 5) is 28.1. The minimum Gasteiger partial charge on any atom is -0.497 e. The van der Waals surface area contributed by atoms with Gasteiger partial charge in [0.1, 0.15) is 11.6 Å². The lowest BCUT2D eigenvalue weighted by Crippen LogP contribution is -2.23. The predicted molar refractivity (Wildman–Crippen MR) is 125 cm³/mol. The largest absolute Gasteiger partial charge is 0.497 e. The number of carbonyl (C=O) groups excluding carboxylic acids is 1. The van der Waals surface area contributed by atoms with Crippen LogP contribution in [-0.2, 0) is 6.54 Å². The quantitative estimate of drug-likeness (QED) is 0.443. The molecule has 9 nitrogen and oxygen atoms in total. The monoisotopic (exact) mass is 456 g/mol. The lowest BCUT2D eigenvalue weighted by Gasteiger charge is -2.20. The van der Waals surface area contributed by atoms with E-state index in [9.17, 15) is 4.79 Å². The number of rotatable bonds is 7. The zero-order chi connectivity index (χ0) is 23.3. The molecule has 1 fully saturated rings. The van der Waals surface area contributed by atoms with E-state index in [0.29, 0.717) is 34.4 Å². The smallest absolute Gasteiger partial charge is 0.256 e. The molecule has 0 radical (unpaired) electrons. The average molecular weight is 457 g/mol. The van der Waals surface area contributed by atoms with E-state index in [-0.39, 0.29) is 11.9 Å². The highest BCUT2D eigenvalue weighted by Crippen LogP contribution is 2.33. The van der Waals surface area contributed by atoms with Gasteiger partial charge in [-0.15, -0.1) is 0 Å². The second-order valence-electron chi connectivity index (χ2n) is 8.02. The number of hydrogen-bond donors (Lipinski definition) is 1. The summed E-state index contributed by atoms with van der Waals surface area (Å²) in [7, 11) is 1.58. The molecular formula is C25H24N6O3. The van der Waals surface area contributed by atoms with Crippen LogP contribution >= 0.6 is 0 Å². The number of benzene rings is 1. The van der Waals surface area contributed by atoms with E-state index < -0.39 is 0 Å². The van der Waals surface area contributed by atoms with Crippen molar-refractivity contribution < 1.29 is 14.1 Å². The second kappa shape index (κ2) is 9.80. The summed E-state index contributed by atoms with van der Waals surface area (Å²) in [6, 6.07) is 16.4. The Kier molecular flexibility index (Phi) is 6.26. The maximum Gasteiger partial charge on any atom is 0.256 e. The van der Waals surface area contributed by atoms with Gasteiger partial charge in [0, 0.05) is 30.1 Å². The van der Waals surface area contributed by atoms with E-state index in [4.69, 9.17) is 9.26 Å². The highest BCUT2D eigenvalue weighted by molar-refractivity contribution is 6.03. The molecule has 0 spiro atoms. The Morgan fingerprint density at radius 2 is 2.03 bits per heavy atom. The minimum absolute atomic E-state index is 0.0688. The standard InChI is InChI=1S/C25H24N6O3/c1-33-20-10-7-17(8-11-20)24(32)28-22-12-9-18(15-27-22)23-29-25(34-30-23)21-6-4-14-31(21)16-19-5-2-3-13-26-19/h2-3,5,7-13,15,21H,4,6,14,16H2,1H3,(H,27,28,32). The van der Waals surface area contributed by atoms with E-state index in [2.05, 4.69) is 30.3 Å². The van der Waals surface area contributed by atoms with Crippen molar-refractivity contribution in [3.8, 4) is 17.1 Å². The van der Waals surface area contributed by atoms with Crippen LogP contribution < -0.4 is 10.1 Å². The molecule has 1 aliphatic heterocycles. The molecule has 9 heteroatoms. The van der Waals surface area contributed by atoms with Gasteiger partial charge in [0.15, 0.2) is 0 Å². The molecule has 5 rings (SSSR count). The van der Waals surface area contributed by atoms with Crippen LogP contribution in [0.5, 0.6) is 5.75 Å². The zero-order valence-corrected chi connectivity index (χ0v) is 18.7. The molecule has 4 aromatic rings. The molecular weight excluding hydrogens is 432 g/mol. The summed E-state index contributed by atoms with van der Waals surface area (Å²) in [5, 5.41) is 6.94. The van der Waals surface area contributed by atoms with Crippen LogP contribution in [-0.4, -0.2) is 44.6 Å². The Morgan fingerprint density at radius 3 is 2.76 bits per heavy atom. The fraction of sp³-hybridized carbons (Fsp3) is 0.240. The van der Waals surface area contributed by atoms with Crippen molar-refractivity contribution in [2.24, 2.45) is 0 Å². The number of nitrogens with zero attached hydrogens (tertiary/aromatic N) is 5. The number of nitrogens with one attached hydrogen (secondary N) is 1. The first kappa shape index (κ1) is 21.7. The fourth-order valence-electron chi connectivity index (χ4n) is 4.01. The molecule has 1 aliphatic rings. The molecule has 34 heavy (non-hydrogen) atoms. The van der Waals surface area contributed by atoms with Gasteiger partial charge in [0.25, 0.3) is 5.91 Å². The van der Waals surface area contributed by atoms with Gasteiger partial charge >= 0.3 is 0 Å². The van der Waals surface area contributed by atoms with Crippen LogP contribution in [0.15, 0.2) is 71.5 Å². The van der Waals surface area contributed by atoms with Crippen molar-refractivity contribution >= 4 is 11.7 Å². The number of hydrogen-bond acceptors (Lipinski definition) is 8. The van der Waals surface area contributed by atoms with Crippen LogP contribution in [0.3, 0.4) is 0 Å². The molecule has 3 aromatic heterocycles. The van der Waals surface area contributed by atoms with Crippen LogP contribution in [0.4, 0.5) is 5.82 Å². The Morgan fingerprint density at radius 1 is 1.15 bits per heavy atom.